The number of nitrogens with zero attached hydrogens (tertiary/aromatic N) is 5. The summed E-state index contributed by atoms with van der Waals surface area (Å²) in [6.07, 6.45) is 0.668. The Morgan fingerprint density at radius 1 is 1.53 bits per heavy atom. The van der Waals surface area contributed by atoms with E-state index in [1.54, 1.807) is 4.90 Å². The molecule has 0 saturated carbocycles. The second-order valence-electron chi connectivity index (χ2n) is 4.45. The Morgan fingerprint density at radius 2 is 2.32 bits per heavy atom. The predicted octanol–water partition coefficient (Wildman–Crippen LogP) is 2.42. The first-order chi connectivity index (χ1) is 9.26. The number of anilines is 1. The SMILES string of the molecule is N#CCc1ccccc1N1CC(CN=[N+]=[N-])CC1=O. The summed E-state index contributed by atoms with van der Waals surface area (Å²) in [6, 6.07) is 9.51. The summed E-state index contributed by atoms with van der Waals surface area (Å²) < 4.78 is 0. The van der Waals surface area contributed by atoms with Crippen LogP contribution in [0.25, 0.3) is 10.4 Å². The third-order valence-electron chi connectivity index (χ3n) is 3.16. The maximum absolute atomic E-state index is 12.0. The third-order valence-corrected chi connectivity index (χ3v) is 3.16. The molecule has 0 aliphatic carbocycles. The highest BCUT2D eigenvalue weighted by molar-refractivity contribution is 5.96. The lowest BCUT2D eigenvalue weighted by atomic mass is 10.1. The molecule has 6 heteroatoms. The molecule has 19 heavy (non-hydrogen) atoms. The van der Waals surface area contributed by atoms with Gasteiger partial charge in [0.25, 0.3) is 0 Å². The maximum atomic E-state index is 12.0. The summed E-state index contributed by atoms with van der Waals surface area (Å²) in [4.78, 5) is 16.4. The fourth-order valence-corrected chi connectivity index (χ4v) is 2.30. The van der Waals surface area contributed by atoms with E-state index in [0.29, 0.717) is 19.5 Å². The van der Waals surface area contributed by atoms with Crippen LogP contribution >= 0.6 is 0 Å². The van der Waals surface area contributed by atoms with Crippen molar-refractivity contribution in [3.05, 3.63) is 40.3 Å². The minimum atomic E-state index is 0.0172. The van der Waals surface area contributed by atoms with Gasteiger partial charge in [0, 0.05) is 30.1 Å². The van der Waals surface area contributed by atoms with E-state index >= 15 is 0 Å². The van der Waals surface area contributed by atoms with Gasteiger partial charge in [-0.3, -0.25) is 4.79 Å². The number of azide groups is 1. The fraction of sp³-hybridized carbons (Fsp3) is 0.385. The zero-order valence-corrected chi connectivity index (χ0v) is 10.4. The molecule has 0 N–H and O–H groups in total. The second-order valence-corrected chi connectivity index (χ2v) is 4.45. The molecule has 0 bridgehead atoms. The molecule has 6 nitrogen and oxygen atoms in total. The standard InChI is InChI=1S/C13H13N5O/c14-6-5-11-3-1-2-4-12(11)18-9-10(7-13(18)19)8-16-17-15/h1-4,10H,5,7-9H2. The summed E-state index contributed by atoms with van der Waals surface area (Å²) in [5, 5.41) is 12.3. The summed E-state index contributed by atoms with van der Waals surface area (Å²) >= 11 is 0. The molecule has 96 valence electrons. The minimum absolute atomic E-state index is 0.0172. The van der Waals surface area contributed by atoms with E-state index in [9.17, 15) is 4.79 Å². The number of benzene rings is 1. The molecular formula is C13H13N5O. The van der Waals surface area contributed by atoms with Crippen molar-refractivity contribution in [1.82, 2.24) is 0 Å². The lowest BCUT2D eigenvalue weighted by Gasteiger charge is -2.19. The molecule has 0 spiro atoms. The van der Waals surface area contributed by atoms with Crippen LogP contribution < -0.4 is 4.90 Å². The zero-order valence-electron chi connectivity index (χ0n) is 10.4. The number of hydrogen-bond donors (Lipinski definition) is 0. The molecule has 1 aromatic rings. The number of rotatable bonds is 4. The highest BCUT2D eigenvalue weighted by Gasteiger charge is 2.30. The second kappa shape index (κ2) is 5.89. The number of carbonyl (C=O) groups is 1. The van der Waals surface area contributed by atoms with Crippen LogP contribution in [0.5, 0.6) is 0 Å². The first-order valence-electron chi connectivity index (χ1n) is 6.02. The molecule has 1 aliphatic rings. The van der Waals surface area contributed by atoms with Gasteiger partial charge in [-0.1, -0.05) is 23.3 Å². The minimum Gasteiger partial charge on any atom is -0.312 e. The maximum Gasteiger partial charge on any atom is 0.227 e. The molecule has 1 saturated heterocycles. The number of hydrogen-bond acceptors (Lipinski definition) is 3. The Hall–Kier alpha value is -2.51. The molecule has 1 fully saturated rings. The van der Waals surface area contributed by atoms with E-state index in [0.717, 1.165) is 11.3 Å². The van der Waals surface area contributed by atoms with Crippen LogP contribution in [0.1, 0.15) is 12.0 Å². The highest BCUT2D eigenvalue weighted by Crippen LogP contribution is 2.28. The monoisotopic (exact) mass is 255 g/mol. The predicted molar refractivity (Wildman–Crippen MR) is 70.2 cm³/mol. The van der Waals surface area contributed by atoms with Gasteiger partial charge in [-0.05, 0) is 23.1 Å². The zero-order chi connectivity index (χ0) is 13.7. The lowest BCUT2D eigenvalue weighted by Crippen LogP contribution is -2.25. The van der Waals surface area contributed by atoms with Crippen LogP contribution in [0.4, 0.5) is 5.69 Å². The molecular weight excluding hydrogens is 242 g/mol. The van der Waals surface area contributed by atoms with Crippen LogP contribution in [0, 0.1) is 17.2 Å². The Balaban J connectivity index is 2.21. The highest BCUT2D eigenvalue weighted by atomic mass is 16.2. The molecule has 1 atom stereocenters. The van der Waals surface area contributed by atoms with Crippen molar-refractivity contribution >= 4 is 11.6 Å². The first-order valence-corrected chi connectivity index (χ1v) is 6.02. The average Bonchev–Trinajstić information content (AvgIpc) is 2.78. The van der Waals surface area contributed by atoms with E-state index in [2.05, 4.69) is 16.1 Å². The number of para-hydroxylation sites is 1. The van der Waals surface area contributed by atoms with Crippen LogP contribution in [0.3, 0.4) is 0 Å². The first kappa shape index (κ1) is 12.9. The molecule has 0 aromatic heterocycles. The largest absolute Gasteiger partial charge is 0.312 e. The Morgan fingerprint density at radius 3 is 3.05 bits per heavy atom. The van der Waals surface area contributed by atoms with Crippen LogP contribution in [0.15, 0.2) is 29.4 Å². The van der Waals surface area contributed by atoms with E-state index in [4.69, 9.17) is 10.8 Å². The normalized spacial score (nSPS) is 17.9. The van der Waals surface area contributed by atoms with Crippen LogP contribution in [-0.4, -0.2) is 19.0 Å². The number of carbonyl (C=O) groups excluding carboxylic acids is 1. The van der Waals surface area contributed by atoms with Crippen molar-refractivity contribution in [2.45, 2.75) is 12.8 Å². The topological polar surface area (TPSA) is 92.9 Å². The van der Waals surface area contributed by atoms with Gasteiger partial charge in [0.05, 0.1) is 12.5 Å². The number of nitriles is 1. The molecule has 1 amide bonds. The smallest absolute Gasteiger partial charge is 0.227 e. The van der Waals surface area contributed by atoms with E-state index in [-0.39, 0.29) is 18.2 Å². The average molecular weight is 255 g/mol. The Labute approximate surface area is 110 Å². The summed E-state index contributed by atoms with van der Waals surface area (Å²) in [6.45, 7) is 0.874. The quantitative estimate of drug-likeness (QED) is 0.469. The van der Waals surface area contributed by atoms with E-state index in [1.807, 2.05) is 24.3 Å². The van der Waals surface area contributed by atoms with Gasteiger partial charge in [0.1, 0.15) is 0 Å². The summed E-state index contributed by atoms with van der Waals surface area (Å²) in [5.74, 6) is 0.0714. The molecule has 1 aromatic carbocycles. The van der Waals surface area contributed by atoms with Gasteiger partial charge in [-0.2, -0.15) is 5.26 Å². The van der Waals surface area contributed by atoms with E-state index < -0.39 is 0 Å². The van der Waals surface area contributed by atoms with Crippen LogP contribution in [0.2, 0.25) is 0 Å². The van der Waals surface area contributed by atoms with Crippen molar-refractivity contribution in [1.29, 1.82) is 5.26 Å². The lowest BCUT2D eigenvalue weighted by molar-refractivity contribution is -0.117. The van der Waals surface area contributed by atoms with Crippen molar-refractivity contribution < 1.29 is 4.79 Å². The van der Waals surface area contributed by atoms with Gasteiger partial charge in [-0.25, -0.2) is 0 Å². The van der Waals surface area contributed by atoms with Gasteiger partial charge in [-0.15, -0.1) is 0 Å². The van der Waals surface area contributed by atoms with E-state index in [1.165, 1.54) is 0 Å². The fourth-order valence-electron chi connectivity index (χ4n) is 2.30. The molecule has 2 rings (SSSR count). The van der Waals surface area contributed by atoms with Crippen molar-refractivity contribution in [3.8, 4) is 6.07 Å². The van der Waals surface area contributed by atoms with Gasteiger partial charge < -0.3 is 4.90 Å². The van der Waals surface area contributed by atoms with Gasteiger partial charge >= 0.3 is 0 Å². The summed E-state index contributed by atoms with van der Waals surface area (Å²) in [5.41, 5.74) is 9.95. The molecule has 1 unspecified atom stereocenters. The summed E-state index contributed by atoms with van der Waals surface area (Å²) in [7, 11) is 0. The van der Waals surface area contributed by atoms with Crippen molar-refractivity contribution in [2.75, 3.05) is 18.0 Å². The Kier molecular flexibility index (Phi) is 4.01. The van der Waals surface area contributed by atoms with Gasteiger partial charge in [0.2, 0.25) is 5.91 Å². The van der Waals surface area contributed by atoms with Crippen molar-refractivity contribution in [3.63, 3.8) is 0 Å². The van der Waals surface area contributed by atoms with Crippen LogP contribution in [-0.2, 0) is 11.2 Å². The Bertz CT molecular complexity index is 571. The third kappa shape index (κ3) is 2.84. The molecule has 1 heterocycles. The molecule has 1 aliphatic heterocycles. The van der Waals surface area contributed by atoms with Gasteiger partial charge in [0.15, 0.2) is 0 Å². The molecule has 0 radical (unpaired) electrons. The van der Waals surface area contributed by atoms with Crippen molar-refractivity contribution in [2.24, 2.45) is 11.0 Å². The number of amides is 1.